The molecule has 0 fully saturated rings. The summed E-state index contributed by atoms with van der Waals surface area (Å²) in [5.74, 6) is -14.4. The Kier molecular flexibility index (Phi) is 6.63. The zero-order valence-electron chi connectivity index (χ0n) is 13.7. The van der Waals surface area contributed by atoms with Gasteiger partial charge in [-0.05, 0) is 0 Å². The Bertz CT molecular complexity index is 729. The highest BCUT2D eigenvalue weighted by molar-refractivity contribution is 5.86. The van der Waals surface area contributed by atoms with Crippen LogP contribution in [0.2, 0.25) is 0 Å². The van der Waals surface area contributed by atoms with E-state index in [1.807, 2.05) is 0 Å². The maximum Gasteiger partial charge on any atom is 0.200 e. The molecule has 0 atom stereocenters. The molecule has 0 aliphatic rings. The van der Waals surface area contributed by atoms with Gasteiger partial charge in [0, 0.05) is 5.56 Å². The molecule has 136 valence electrons. The van der Waals surface area contributed by atoms with Gasteiger partial charge in [-0.1, -0.05) is 30.3 Å². The van der Waals surface area contributed by atoms with Crippen molar-refractivity contribution in [1.82, 2.24) is 0 Å². The van der Waals surface area contributed by atoms with Crippen LogP contribution in [0.15, 0.2) is 30.3 Å². The van der Waals surface area contributed by atoms with Gasteiger partial charge in [0.1, 0.15) is 6.54 Å². The molecule has 3 nitrogen and oxygen atoms in total. The molecule has 0 spiro atoms. The summed E-state index contributed by atoms with van der Waals surface area (Å²) in [7, 11) is 6.60. The molecule has 2 aromatic carbocycles. The van der Waals surface area contributed by atoms with Crippen molar-refractivity contribution in [2.24, 2.45) is 0 Å². The summed E-state index contributed by atoms with van der Waals surface area (Å²) in [5.41, 5.74) is -0.568. The van der Waals surface area contributed by atoms with Gasteiger partial charge in [0.05, 0.1) is 32.7 Å². The molecule has 0 heterocycles. The van der Waals surface area contributed by atoms with E-state index in [4.69, 9.17) is 0 Å². The Hall–Kier alpha value is -2.48. The topological polar surface area (TPSA) is 40.1 Å². The van der Waals surface area contributed by atoms with E-state index in [9.17, 15) is 31.9 Å². The summed E-state index contributed by atoms with van der Waals surface area (Å²) in [4.78, 5) is 10.0. The number of carboxylic acids is 1. The minimum Gasteiger partial charge on any atom is -0.545 e. The average Bonchev–Trinajstić information content (AvgIpc) is 2.51. The summed E-state index contributed by atoms with van der Waals surface area (Å²) >= 11 is 0. The molecular weight excluding hydrogens is 345 g/mol. The average molecular weight is 361 g/mol. The maximum atomic E-state index is 12.5. The normalized spacial score (nSPS) is 10.9. The standard InChI is InChI=1S/C10H16N.C7HF5O2/c1-11(2,3)9-10-7-5-4-6-8-10;8-2-1(7(13)14)3(9)5(11)6(12)4(2)10/h4-8H,9H2,1-3H3;(H,13,14)/q+1;/p-1. The molecule has 0 aromatic heterocycles. The number of carboxylic acid groups (broad SMARTS) is 1. The Labute approximate surface area is 141 Å². The molecule has 0 radical (unpaired) electrons. The van der Waals surface area contributed by atoms with Crippen molar-refractivity contribution >= 4 is 5.97 Å². The summed E-state index contributed by atoms with van der Waals surface area (Å²) in [6, 6.07) is 10.6. The quantitative estimate of drug-likeness (QED) is 0.365. The number of quaternary nitrogens is 1. The molecule has 0 saturated heterocycles. The Balaban J connectivity index is 0.000000257. The van der Waals surface area contributed by atoms with Gasteiger partial charge in [-0.3, -0.25) is 0 Å². The first-order chi connectivity index (χ1) is 11.5. The van der Waals surface area contributed by atoms with Gasteiger partial charge in [-0.25, -0.2) is 22.0 Å². The van der Waals surface area contributed by atoms with Crippen LogP contribution in [-0.4, -0.2) is 31.6 Å². The highest BCUT2D eigenvalue weighted by Crippen LogP contribution is 2.22. The van der Waals surface area contributed by atoms with Crippen molar-refractivity contribution in [3.63, 3.8) is 0 Å². The lowest BCUT2D eigenvalue weighted by atomic mass is 10.1. The van der Waals surface area contributed by atoms with Crippen molar-refractivity contribution in [3.05, 3.63) is 70.5 Å². The number of rotatable bonds is 3. The minimum absolute atomic E-state index is 0.990. The van der Waals surface area contributed by atoms with Gasteiger partial charge < -0.3 is 14.4 Å². The van der Waals surface area contributed by atoms with Crippen LogP contribution in [0.3, 0.4) is 0 Å². The monoisotopic (exact) mass is 361 g/mol. The molecular formula is C17H16F5NO2. The van der Waals surface area contributed by atoms with Gasteiger partial charge >= 0.3 is 0 Å². The maximum absolute atomic E-state index is 12.5. The second kappa shape index (κ2) is 8.06. The summed E-state index contributed by atoms with van der Waals surface area (Å²) in [6.45, 7) is 1.10. The number of hydrogen-bond acceptors (Lipinski definition) is 2. The molecule has 25 heavy (non-hydrogen) atoms. The molecule has 0 amide bonds. The van der Waals surface area contributed by atoms with Gasteiger partial charge in [-0.15, -0.1) is 0 Å². The first kappa shape index (κ1) is 20.6. The largest absolute Gasteiger partial charge is 0.545 e. The Morgan fingerprint density at radius 2 is 1.24 bits per heavy atom. The van der Waals surface area contributed by atoms with E-state index in [-0.39, 0.29) is 0 Å². The SMILES string of the molecule is C[N+](C)(C)Cc1ccccc1.O=C([O-])c1c(F)c(F)c(F)c(F)c1F. The molecule has 0 unspecified atom stereocenters. The molecule has 0 aliphatic heterocycles. The smallest absolute Gasteiger partial charge is 0.200 e. The van der Waals surface area contributed by atoms with Crippen molar-refractivity contribution in [1.29, 1.82) is 0 Å². The van der Waals surface area contributed by atoms with Crippen LogP contribution in [0, 0.1) is 29.1 Å². The highest BCUT2D eigenvalue weighted by atomic mass is 19.2. The van der Waals surface area contributed by atoms with Gasteiger partial charge in [0.15, 0.2) is 23.3 Å². The van der Waals surface area contributed by atoms with Crippen molar-refractivity contribution in [2.45, 2.75) is 6.54 Å². The fourth-order valence-electron chi connectivity index (χ4n) is 1.92. The lowest BCUT2D eigenvalue weighted by Gasteiger charge is -2.23. The zero-order chi connectivity index (χ0) is 19.4. The third-order valence-corrected chi connectivity index (χ3v) is 2.91. The van der Waals surface area contributed by atoms with Crippen LogP contribution in [-0.2, 0) is 6.54 Å². The third-order valence-electron chi connectivity index (χ3n) is 2.91. The van der Waals surface area contributed by atoms with E-state index < -0.39 is 40.6 Å². The molecule has 2 aromatic rings. The molecule has 2 rings (SSSR count). The Morgan fingerprint density at radius 3 is 1.60 bits per heavy atom. The minimum atomic E-state index is -2.47. The van der Waals surface area contributed by atoms with E-state index in [0.29, 0.717) is 0 Å². The predicted molar refractivity (Wildman–Crippen MR) is 78.7 cm³/mol. The van der Waals surface area contributed by atoms with Crippen LogP contribution in [0.1, 0.15) is 15.9 Å². The van der Waals surface area contributed by atoms with Gasteiger partial charge in [-0.2, -0.15) is 0 Å². The second-order valence-electron chi connectivity index (χ2n) is 6.17. The predicted octanol–water partition coefficient (Wildman–Crippen LogP) is 2.64. The first-order valence-electron chi connectivity index (χ1n) is 7.03. The highest BCUT2D eigenvalue weighted by Gasteiger charge is 2.25. The fraction of sp³-hybridized carbons (Fsp3) is 0.235. The number of carbonyl (C=O) groups excluding carboxylic acids is 1. The number of hydrogen-bond donors (Lipinski definition) is 0. The van der Waals surface area contributed by atoms with Crippen LogP contribution >= 0.6 is 0 Å². The number of benzene rings is 2. The van der Waals surface area contributed by atoms with Crippen molar-refractivity contribution in [2.75, 3.05) is 21.1 Å². The molecule has 0 aliphatic carbocycles. The fourth-order valence-corrected chi connectivity index (χ4v) is 1.92. The number of carbonyl (C=O) groups is 1. The van der Waals surface area contributed by atoms with Crippen LogP contribution in [0.4, 0.5) is 22.0 Å². The van der Waals surface area contributed by atoms with Crippen LogP contribution in [0.25, 0.3) is 0 Å². The van der Waals surface area contributed by atoms with E-state index in [1.165, 1.54) is 5.56 Å². The number of aromatic carboxylic acids is 1. The number of nitrogens with zero attached hydrogens (tertiary/aromatic N) is 1. The van der Waals surface area contributed by atoms with E-state index in [1.54, 1.807) is 0 Å². The van der Waals surface area contributed by atoms with Crippen molar-refractivity contribution < 1.29 is 36.3 Å². The van der Waals surface area contributed by atoms with Gasteiger partial charge in [0.2, 0.25) is 5.82 Å². The Morgan fingerprint density at radius 1 is 0.840 bits per heavy atom. The molecule has 0 N–H and O–H groups in total. The number of halogens is 5. The lowest BCUT2D eigenvalue weighted by Crippen LogP contribution is -2.33. The van der Waals surface area contributed by atoms with Gasteiger partial charge in [0.25, 0.3) is 0 Å². The van der Waals surface area contributed by atoms with E-state index in [0.717, 1.165) is 11.0 Å². The second-order valence-corrected chi connectivity index (χ2v) is 6.17. The van der Waals surface area contributed by atoms with Crippen LogP contribution in [0.5, 0.6) is 0 Å². The molecule has 8 heteroatoms. The zero-order valence-corrected chi connectivity index (χ0v) is 13.7. The molecule has 0 bridgehead atoms. The summed E-state index contributed by atoms with van der Waals surface area (Å²) in [6.07, 6.45) is 0. The van der Waals surface area contributed by atoms with Crippen LogP contribution < -0.4 is 5.11 Å². The summed E-state index contributed by atoms with van der Waals surface area (Å²) in [5, 5.41) is 10.0. The van der Waals surface area contributed by atoms with E-state index in [2.05, 4.69) is 51.5 Å². The van der Waals surface area contributed by atoms with Crippen molar-refractivity contribution in [3.8, 4) is 0 Å². The lowest BCUT2D eigenvalue weighted by molar-refractivity contribution is -0.884. The molecule has 0 saturated carbocycles. The first-order valence-corrected chi connectivity index (χ1v) is 7.03. The summed E-state index contributed by atoms with van der Waals surface area (Å²) < 4.78 is 63.0. The van der Waals surface area contributed by atoms with E-state index >= 15 is 0 Å². The third kappa shape index (κ3) is 5.53.